The Labute approximate surface area is 179 Å². The molecule has 158 valence electrons. The van der Waals surface area contributed by atoms with E-state index in [1.807, 2.05) is 22.9 Å². The van der Waals surface area contributed by atoms with Gasteiger partial charge in [0.1, 0.15) is 5.76 Å². The van der Waals surface area contributed by atoms with Crippen LogP contribution in [-0.2, 0) is 27.8 Å². The van der Waals surface area contributed by atoms with E-state index in [1.165, 1.54) is 16.4 Å². The molecule has 9 heteroatoms. The van der Waals surface area contributed by atoms with Crippen molar-refractivity contribution in [1.82, 2.24) is 9.21 Å². The van der Waals surface area contributed by atoms with Crippen molar-refractivity contribution in [3.8, 4) is 0 Å². The maximum absolute atomic E-state index is 13.2. The number of nitrogens with zero attached hydrogens (tertiary/aromatic N) is 2. The lowest BCUT2D eigenvalue weighted by Crippen LogP contribution is -2.40. The first-order valence-corrected chi connectivity index (χ1v) is 11.9. The first-order valence-electron chi connectivity index (χ1n) is 9.55. The van der Waals surface area contributed by atoms with Crippen molar-refractivity contribution in [2.24, 2.45) is 0 Å². The second kappa shape index (κ2) is 9.13. The number of rotatable bonds is 7. The van der Waals surface area contributed by atoms with Crippen LogP contribution < -0.4 is 0 Å². The van der Waals surface area contributed by atoms with E-state index in [1.54, 1.807) is 40.7 Å². The third-order valence-corrected chi connectivity index (χ3v) is 7.52. The van der Waals surface area contributed by atoms with Gasteiger partial charge in [0, 0.05) is 25.2 Å². The van der Waals surface area contributed by atoms with Crippen LogP contribution in [0.25, 0.3) is 0 Å². The van der Waals surface area contributed by atoms with Gasteiger partial charge in [0.05, 0.1) is 30.9 Å². The van der Waals surface area contributed by atoms with Gasteiger partial charge in [-0.15, -0.1) is 0 Å². The molecule has 2 aromatic heterocycles. The third-order valence-electron chi connectivity index (χ3n) is 4.88. The average molecular weight is 447 g/mol. The van der Waals surface area contributed by atoms with Gasteiger partial charge in [-0.1, -0.05) is 0 Å². The van der Waals surface area contributed by atoms with E-state index >= 15 is 0 Å². The Morgan fingerprint density at radius 3 is 2.47 bits per heavy atom. The monoisotopic (exact) mass is 446 g/mol. The van der Waals surface area contributed by atoms with Gasteiger partial charge in [-0.25, -0.2) is 8.42 Å². The van der Waals surface area contributed by atoms with Gasteiger partial charge in [-0.05, 0) is 58.8 Å². The van der Waals surface area contributed by atoms with Crippen LogP contribution in [0.3, 0.4) is 0 Å². The molecule has 0 bridgehead atoms. The molecular weight excluding hydrogens is 424 g/mol. The zero-order chi connectivity index (χ0) is 21.0. The Bertz CT molecular complexity index is 1020. The number of ether oxygens (including phenoxy) is 1. The van der Waals surface area contributed by atoms with E-state index in [2.05, 4.69) is 0 Å². The van der Waals surface area contributed by atoms with Gasteiger partial charge in [0.2, 0.25) is 10.0 Å². The lowest BCUT2D eigenvalue weighted by atomic mass is 10.2. The first kappa shape index (κ1) is 20.8. The highest BCUT2D eigenvalue weighted by Crippen LogP contribution is 2.20. The van der Waals surface area contributed by atoms with E-state index in [0.717, 1.165) is 5.56 Å². The van der Waals surface area contributed by atoms with E-state index in [9.17, 15) is 13.2 Å². The number of sulfonamides is 1. The molecule has 3 heterocycles. The Hall–Kier alpha value is -2.46. The summed E-state index contributed by atoms with van der Waals surface area (Å²) in [5, 5.41) is 3.97. The highest BCUT2D eigenvalue weighted by atomic mass is 32.2. The van der Waals surface area contributed by atoms with Crippen molar-refractivity contribution in [3.63, 3.8) is 0 Å². The van der Waals surface area contributed by atoms with E-state index < -0.39 is 10.0 Å². The number of thiophene rings is 1. The summed E-state index contributed by atoms with van der Waals surface area (Å²) < 4.78 is 37.6. The molecule has 1 aliphatic heterocycles. The first-order chi connectivity index (χ1) is 14.5. The Morgan fingerprint density at radius 1 is 1.07 bits per heavy atom. The number of hydrogen-bond acceptors (Lipinski definition) is 6. The second-order valence-corrected chi connectivity index (χ2v) is 9.63. The molecule has 30 heavy (non-hydrogen) atoms. The van der Waals surface area contributed by atoms with Gasteiger partial charge in [-0.3, -0.25) is 4.79 Å². The molecule has 1 aliphatic rings. The van der Waals surface area contributed by atoms with Crippen LogP contribution >= 0.6 is 11.3 Å². The number of hydrogen-bond donors (Lipinski definition) is 0. The van der Waals surface area contributed by atoms with Crippen molar-refractivity contribution in [3.05, 3.63) is 76.4 Å². The van der Waals surface area contributed by atoms with Crippen LogP contribution in [-0.4, -0.2) is 49.8 Å². The van der Waals surface area contributed by atoms with Gasteiger partial charge in [-0.2, -0.15) is 15.6 Å². The summed E-state index contributed by atoms with van der Waals surface area (Å²) in [7, 11) is -3.59. The van der Waals surface area contributed by atoms with Gasteiger partial charge in [0.25, 0.3) is 5.91 Å². The third kappa shape index (κ3) is 4.65. The molecule has 1 amide bonds. The summed E-state index contributed by atoms with van der Waals surface area (Å²) in [5.74, 6) is 0.498. The Kier molecular flexibility index (Phi) is 6.33. The normalized spacial score (nSPS) is 15.2. The lowest BCUT2D eigenvalue weighted by molar-refractivity contribution is 0.0717. The molecule has 3 aromatic rings. The molecule has 0 radical (unpaired) electrons. The van der Waals surface area contributed by atoms with Crippen LogP contribution in [0, 0.1) is 0 Å². The van der Waals surface area contributed by atoms with Crippen LogP contribution in [0.2, 0.25) is 0 Å². The van der Waals surface area contributed by atoms with Crippen LogP contribution in [0.5, 0.6) is 0 Å². The summed E-state index contributed by atoms with van der Waals surface area (Å²) in [4.78, 5) is 15.0. The minimum atomic E-state index is -3.59. The van der Waals surface area contributed by atoms with Crippen molar-refractivity contribution >= 4 is 27.3 Å². The molecule has 0 N–H and O–H groups in total. The standard InChI is InChI=1S/C21H22N2O5S2/c24-21(22(14-17-7-13-29-16-17)15-19-2-1-10-28-19)18-3-5-20(6-4-18)30(25,26)23-8-11-27-12-9-23/h1-7,10,13,16H,8-9,11-12,14-15H2. The second-order valence-electron chi connectivity index (χ2n) is 6.91. The van der Waals surface area contributed by atoms with Gasteiger partial charge >= 0.3 is 0 Å². The van der Waals surface area contributed by atoms with Crippen LogP contribution in [0.1, 0.15) is 21.7 Å². The molecule has 0 saturated carbocycles. The maximum Gasteiger partial charge on any atom is 0.254 e. The van der Waals surface area contributed by atoms with Crippen molar-refractivity contribution in [2.75, 3.05) is 26.3 Å². The highest BCUT2D eigenvalue weighted by Gasteiger charge is 2.27. The van der Waals surface area contributed by atoms with E-state index in [-0.39, 0.29) is 10.8 Å². The Morgan fingerprint density at radius 2 is 1.83 bits per heavy atom. The number of morpholine rings is 1. The fraction of sp³-hybridized carbons (Fsp3) is 0.286. The van der Waals surface area contributed by atoms with Gasteiger partial charge < -0.3 is 14.1 Å². The maximum atomic E-state index is 13.2. The molecule has 7 nitrogen and oxygen atoms in total. The number of carbonyl (C=O) groups is 1. The predicted octanol–water partition coefficient (Wildman–Crippen LogP) is 3.20. The molecule has 0 aliphatic carbocycles. The van der Waals surface area contributed by atoms with Crippen LogP contribution in [0.15, 0.2) is 68.8 Å². The van der Waals surface area contributed by atoms with Gasteiger partial charge in [0.15, 0.2) is 0 Å². The number of carbonyl (C=O) groups excluding carboxylic acids is 1. The fourth-order valence-electron chi connectivity index (χ4n) is 3.28. The molecule has 0 unspecified atom stereocenters. The number of benzene rings is 1. The molecular formula is C21H22N2O5S2. The summed E-state index contributed by atoms with van der Waals surface area (Å²) >= 11 is 1.57. The van der Waals surface area contributed by atoms with Crippen molar-refractivity contribution in [2.45, 2.75) is 18.0 Å². The summed E-state index contributed by atoms with van der Waals surface area (Å²) in [6, 6.07) is 11.7. The number of amides is 1. The molecule has 0 spiro atoms. The summed E-state index contributed by atoms with van der Waals surface area (Å²) in [5.41, 5.74) is 1.46. The minimum absolute atomic E-state index is 0.177. The molecule has 0 atom stereocenters. The zero-order valence-corrected chi connectivity index (χ0v) is 17.9. The lowest BCUT2D eigenvalue weighted by Gasteiger charge is -2.26. The van der Waals surface area contributed by atoms with Crippen molar-refractivity contribution < 1.29 is 22.4 Å². The Balaban J connectivity index is 1.54. The quantitative estimate of drug-likeness (QED) is 0.557. The fourth-order valence-corrected chi connectivity index (χ4v) is 5.35. The van der Waals surface area contributed by atoms with Crippen molar-refractivity contribution in [1.29, 1.82) is 0 Å². The molecule has 1 fully saturated rings. The molecule has 4 rings (SSSR count). The topological polar surface area (TPSA) is 80.1 Å². The molecule has 1 saturated heterocycles. The SMILES string of the molecule is O=C(c1ccc(S(=O)(=O)N2CCOCC2)cc1)N(Cc1ccsc1)Cc1ccco1. The van der Waals surface area contributed by atoms with E-state index in [4.69, 9.17) is 9.15 Å². The summed E-state index contributed by atoms with van der Waals surface area (Å²) in [6.45, 7) is 2.22. The molecule has 1 aromatic carbocycles. The predicted molar refractivity (Wildman–Crippen MR) is 113 cm³/mol. The number of furan rings is 1. The highest BCUT2D eigenvalue weighted by molar-refractivity contribution is 7.89. The minimum Gasteiger partial charge on any atom is -0.467 e. The largest absolute Gasteiger partial charge is 0.467 e. The summed E-state index contributed by atoms with van der Waals surface area (Å²) in [6.07, 6.45) is 1.58. The van der Waals surface area contributed by atoms with E-state index in [0.29, 0.717) is 50.7 Å². The van der Waals surface area contributed by atoms with Crippen LogP contribution in [0.4, 0.5) is 0 Å². The smallest absolute Gasteiger partial charge is 0.254 e. The average Bonchev–Trinajstić information content (AvgIpc) is 3.48. The zero-order valence-electron chi connectivity index (χ0n) is 16.3.